The second-order valence-electron chi connectivity index (χ2n) is 1.64. The van der Waals surface area contributed by atoms with Crippen LogP contribution in [0.1, 0.15) is 6.92 Å². The number of hydrogen-bond acceptors (Lipinski definition) is 5. The topological polar surface area (TPSA) is 83.8 Å². The van der Waals surface area contributed by atoms with Crippen molar-refractivity contribution in [1.82, 2.24) is 0 Å². The minimum Gasteiger partial charge on any atom is -0.394 e. The third kappa shape index (κ3) is 3.11. The van der Waals surface area contributed by atoms with Crippen LogP contribution in [0.2, 0.25) is 0 Å². The second-order valence-corrected chi connectivity index (χ2v) is 3.54. The molecule has 0 rings (SSSR count). The van der Waals surface area contributed by atoms with Crippen molar-refractivity contribution in [3.63, 3.8) is 0 Å². The van der Waals surface area contributed by atoms with Gasteiger partial charge in [0.1, 0.15) is 0 Å². The average Bonchev–Trinajstić information content (AvgIpc) is 1.84. The Bertz CT molecular complexity index is 170. The highest BCUT2D eigenvalue weighted by Gasteiger charge is 2.17. The van der Waals surface area contributed by atoms with E-state index < -0.39 is 15.6 Å². The van der Waals surface area contributed by atoms with Crippen LogP contribution in [0.3, 0.4) is 0 Å². The highest BCUT2D eigenvalue weighted by molar-refractivity contribution is 7.87. The highest BCUT2D eigenvalue weighted by atomic mass is 32.2. The van der Waals surface area contributed by atoms with Crippen LogP contribution >= 0.6 is 0 Å². The molecule has 0 aromatic rings. The molecule has 2 N–H and O–H groups in total. The van der Waals surface area contributed by atoms with Gasteiger partial charge in [0.25, 0.3) is 10.1 Å². The van der Waals surface area contributed by atoms with E-state index in [9.17, 15) is 8.42 Å². The van der Waals surface area contributed by atoms with Gasteiger partial charge in [-0.05, 0) is 6.92 Å². The predicted octanol–water partition coefficient (Wildman–Crippen LogP) is -1.34. The molecule has 0 aliphatic heterocycles. The molecule has 0 fully saturated rings. The molecule has 0 aromatic carbocycles. The molecule has 0 aromatic heterocycles. The fourth-order valence-corrected chi connectivity index (χ4v) is 0.756. The van der Waals surface area contributed by atoms with Gasteiger partial charge in [-0.1, -0.05) is 0 Å². The van der Waals surface area contributed by atoms with Crippen LogP contribution in [0.5, 0.6) is 0 Å². The SMILES string of the molecule is CC(O)S(=O)(=O)OCCO. The Labute approximate surface area is 59.4 Å². The molecule has 0 amide bonds. The Morgan fingerprint density at radius 3 is 2.40 bits per heavy atom. The molecular weight excluding hydrogens is 160 g/mol. The first-order valence-electron chi connectivity index (χ1n) is 2.68. The van der Waals surface area contributed by atoms with Gasteiger partial charge in [-0.15, -0.1) is 0 Å². The summed E-state index contributed by atoms with van der Waals surface area (Å²) in [4.78, 5) is 0. The Hall–Kier alpha value is -0.170. The fraction of sp³-hybridized carbons (Fsp3) is 1.00. The Morgan fingerprint density at radius 1 is 1.60 bits per heavy atom. The molecule has 0 saturated heterocycles. The highest BCUT2D eigenvalue weighted by Crippen LogP contribution is 1.98. The second kappa shape index (κ2) is 3.87. The maximum absolute atomic E-state index is 10.5. The third-order valence-corrected chi connectivity index (χ3v) is 2.09. The average molecular weight is 170 g/mol. The first kappa shape index (κ1) is 9.83. The quantitative estimate of drug-likeness (QED) is 0.510. The lowest BCUT2D eigenvalue weighted by Crippen LogP contribution is -2.21. The summed E-state index contributed by atoms with van der Waals surface area (Å²) >= 11 is 0. The zero-order valence-electron chi connectivity index (χ0n) is 5.52. The maximum atomic E-state index is 10.5. The number of aliphatic hydroxyl groups is 2. The van der Waals surface area contributed by atoms with Crippen molar-refractivity contribution in [2.75, 3.05) is 13.2 Å². The van der Waals surface area contributed by atoms with Crippen molar-refractivity contribution in [3.05, 3.63) is 0 Å². The zero-order valence-corrected chi connectivity index (χ0v) is 6.34. The summed E-state index contributed by atoms with van der Waals surface area (Å²) in [5.74, 6) is 0. The van der Waals surface area contributed by atoms with Crippen molar-refractivity contribution in [2.45, 2.75) is 12.4 Å². The van der Waals surface area contributed by atoms with Crippen LogP contribution in [0.25, 0.3) is 0 Å². The van der Waals surface area contributed by atoms with E-state index in [4.69, 9.17) is 10.2 Å². The van der Waals surface area contributed by atoms with E-state index in [1.165, 1.54) is 0 Å². The summed E-state index contributed by atoms with van der Waals surface area (Å²) in [5, 5.41) is 16.7. The molecule has 0 heterocycles. The first-order chi connectivity index (χ1) is 4.50. The van der Waals surface area contributed by atoms with E-state index in [1.807, 2.05) is 0 Å². The van der Waals surface area contributed by atoms with Crippen LogP contribution in [0, 0.1) is 0 Å². The van der Waals surface area contributed by atoms with Crippen molar-refractivity contribution < 1.29 is 22.8 Å². The van der Waals surface area contributed by atoms with Gasteiger partial charge in [-0.2, -0.15) is 8.42 Å². The van der Waals surface area contributed by atoms with Gasteiger partial charge < -0.3 is 10.2 Å². The summed E-state index contributed by atoms with van der Waals surface area (Å²) in [5.41, 5.74) is -1.54. The lowest BCUT2D eigenvalue weighted by Gasteiger charge is -2.04. The Kier molecular flexibility index (Phi) is 3.80. The molecule has 0 aliphatic rings. The minimum atomic E-state index is -3.86. The standard InChI is InChI=1S/C4H10O5S/c1-4(6)10(7,8)9-3-2-5/h4-6H,2-3H2,1H3. The summed E-state index contributed by atoms with van der Waals surface area (Å²) in [6.45, 7) is 0.381. The van der Waals surface area contributed by atoms with Gasteiger partial charge >= 0.3 is 0 Å². The molecule has 0 spiro atoms. The van der Waals surface area contributed by atoms with Crippen LogP contribution in [-0.2, 0) is 14.3 Å². The van der Waals surface area contributed by atoms with E-state index in [0.717, 1.165) is 6.92 Å². The normalized spacial score (nSPS) is 15.1. The zero-order chi connectivity index (χ0) is 8.20. The molecule has 6 heteroatoms. The fourth-order valence-electron chi connectivity index (χ4n) is 0.252. The summed E-state index contributed by atoms with van der Waals surface area (Å²) in [7, 11) is -3.86. The smallest absolute Gasteiger partial charge is 0.294 e. The van der Waals surface area contributed by atoms with Crippen LogP contribution in [0.15, 0.2) is 0 Å². The van der Waals surface area contributed by atoms with Gasteiger partial charge in [0.05, 0.1) is 13.2 Å². The molecule has 5 nitrogen and oxygen atoms in total. The molecule has 62 valence electrons. The molecule has 0 saturated carbocycles. The molecule has 10 heavy (non-hydrogen) atoms. The third-order valence-electron chi connectivity index (χ3n) is 0.757. The van der Waals surface area contributed by atoms with Gasteiger partial charge in [-0.25, -0.2) is 0 Å². The van der Waals surface area contributed by atoms with Gasteiger partial charge in [0.2, 0.25) is 0 Å². The van der Waals surface area contributed by atoms with E-state index in [1.54, 1.807) is 0 Å². The maximum Gasteiger partial charge on any atom is 0.294 e. The number of aliphatic hydroxyl groups excluding tert-OH is 2. The van der Waals surface area contributed by atoms with Gasteiger partial charge in [0.15, 0.2) is 5.44 Å². The molecule has 1 atom stereocenters. The largest absolute Gasteiger partial charge is 0.394 e. The van der Waals surface area contributed by atoms with Crippen molar-refractivity contribution >= 4 is 10.1 Å². The lowest BCUT2D eigenvalue weighted by atomic mass is 10.8. The lowest BCUT2D eigenvalue weighted by molar-refractivity contribution is 0.183. The van der Waals surface area contributed by atoms with Crippen LogP contribution in [-0.4, -0.2) is 37.3 Å². The predicted molar refractivity (Wildman–Crippen MR) is 33.6 cm³/mol. The van der Waals surface area contributed by atoms with Crippen molar-refractivity contribution in [3.8, 4) is 0 Å². The number of hydrogen-bond donors (Lipinski definition) is 2. The van der Waals surface area contributed by atoms with E-state index in [2.05, 4.69) is 4.18 Å². The Balaban J connectivity index is 3.90. The summed E-state index contributed by atoms with van der Waals surface area (Å²) < 4.78 is 25.1. The van der Waals surface area contributed by atoms with E-state index >= 15 is 0 Å². The molecule has 0 bridgehead atoms. The minimum absolute atomic E-state index is 0.312. The van der Waals surface area contributed by atoms with Crippen molar-refractivity contribution in [2.24, 2.45) is 0 Å². The summed E-state index contributed by atoms with van der Waals surface area (Å²) in [6.07, 6.45) is 0. The molecule has 0 aliphatic carbocycles. The van der Waals surface area contributed by atoms with Crippen molar-refractivity contribution in [1.29, 1.82) is 0 Å². The van der Waals surface area contributed by atoms with E-state index in [0.29, 0.717) is 0 Å². The molecule has 0 radical (unpaired) electrons. The van der Waals surface area contributed by atoms with Gasteiger partial charge in [-0.3, -0.25) is 4.18 Å². The molecule has 1 unspecified atom stereocenters. The van der Waals surface area contributed by atoms with Crippen LogP contribution in [0.4, 0.5) is 0 Å². The van der Waals surface area contributed by atoms with Crippen LogP contribution < -0.4 is 0 Å². The Morgan fingerprint density at radius 2 is 2.10 bits per heavy atom. The monoisotopic (exact) mass is 170 g/mol. The first-order valence-corrected chi connectivity index (χ1v) is 4.15. The van der Waals surface area contributed by atoms with E-state index in [-0.39, 0.29) is 13.2 Å². The van der Waals surface area contributed by atoms with Gasteiger partial charge in [0, 0.05) is 0 Å². The molecular formula is C4H10O5S. The number of rotatable bonds is 4. The summed E-state index contributed by atoms with van der Waals surface area (Å²) in [6, 6.07) is 0.